The minimum atomic E-state index is -5.08. The minimum Gasteiger partial charge on any atom is -0.475 e. The van der Waals surface area contributed by atoms with E-state index in [4.69, 9.17) is 9.90 Å². The van der Waals surface area contributed by atoms with E-state index in [0.717, 1.165) is 22.7 Å². The number of nitrogens with zero attached hydrogens (tertiary/aromatic N) is 4. The zero-order valence-corrected chi connectivity index (χ0v) is 15.5. The summed E-state index contributed by atoms with van der Waals surface area (Å²) in [4.78, 5) is 17.3. The summed E-state index contributed by atoms with van der Waals surface area (Å²) in [5.41, 5.74) is 3.85. The highest BCUT2D eigenvalue weighted by Gasteiger charge is 2.38. The van der Waals surface area contributed by atoms with E-state index < -0.39 is 23.8 Å². The molecule has 0 atom stereocenters. The first-order valence-electron chi connectivity index (χ1n) is 8.61. The monoisotopic (exact) mass is 436 g/mol. The fraction of sp³-hybridized carbons (Fsp3) is 0.100. The fourth-order valence-corrected chi connectivity index (χ4v) is 2.58. The van der Waals surface area contributed by atoms with Crippen LogP contribution in [-0.4, -0.2) is 37.0 Å². The van der Waals surface area contributed by atoms with Crippen molar-refractivity contribution in [3.8, 4) is 11.1 Å². The minimum absolute atomic E-state index is 0.556. The van der Waals surface area contributed by atoms with Gasteiger partial charge in [0.15, 0.2) is 11.6 Å². The smallest absolute Gasteiger partial charge is 0.475 e. The normalized spacial score (nSPS) is 11.1. The van der Waals surface area contributed by atoms with Crippen molar-refractivity contribution in [2.75, 3.05) is 0 Å². The Morgan fingerprint density at radius 2 is 1.74 bits per heavy atom. The van der Waals surface area contributed by atoms with Crippen LogP contribution in [0.25, 0.3) is 22.2 Å². The van der Waals surface area contributed by atoms with E-state index in [0.29, 0.717) is 17.7 Å². The SMILES string of the molecule is Fc1ccc(-c2cnc3cnn(Cc4cccnc4)c3c2)cc1F.O=C(O)C(F)(F)F. The molecule has 0 aliphatic carbocycles. The summed E-state index contributed by atoms with van der Waals surface area (Å²) < 4.78 is 60.1. The molecule has 1 aromatic carbocycles. The second-order valence-corrected chi connectivity index (χ2v) is 6.22. The lowest BCUT2D eigenvalue weighted by Gasteiger charge is -2.06. The van der Waals surface area contributed by atoms with Gasteiger partial charge in [0, 0.05) is 24.2 Å². The number of hydrogen-bond acceptors (Lipinski definition) is 4. The number of hydrogen-bond donors (Lipinski definition) is 1. The molecule has 0 saturated carbocycles. The van der Waals surface area contributed by atoms with Gasteiger partial charge in [-0.2, -0.15) is 18.3 Å². The first-order chi connectivity index (χ1) is 14.6. The molecule has 4 rings (SSSR count). The molecule has 6 nitrogen and oxygen atoms in total. The van der Waals surface area contributed by atoms with Crippen molar-refractivity contribution in [2.24, 2.45) is 0 Å². The standard InChI is InChI=1S/C18H12F2N4.C2HF3O2/c19-15-4-3-13(6-16(15)20)14-7-18-17(22-9-14)10-23-24(18)11-12-2-1-5-21-8-12;3-2(4,5)1(6)7/h1-10H,11H2;(H,6,7). The maximum absolute atomic E-state index is 13.5. The number of halogens is 5. The zero-order valence-electron chi connectivity index (χ0n) is 15.5. The van der Waals surface area contributed by atoms with Crippen LogP contribution in [0.3, 0.4) is 0 Å². The van der Waals surface area contributed by atoms with Crippen LogP contribution in [0.2, 0.25) is 0 Å². The van der Waals surface area contributed by atoms with Gasteiger partial charge in [-0.25, -0.2) is 13.6 Å². The third kappa shape index (κ3) is 5.38. The third-order valence-electron chi connectivity index (χ3n) is 4.05. The molecule has 0 spiro atoms. The Kier molecular flexibility index (Phi) is 6.23. The van der Waals surface area contributed by atoms with Crippen molar-refractivity contribution in [1.82, 2.24) is 19.7 Å². The molecule has 0 unspecified atom stereocenters. The van der Waals surface area contributed by atoms with Crippen LogP contribution in [0.5, 0.6) is 0 Å². The third-order valence-corrected chi connectivity index (χ3v) is 4.05. The van der Waals surface area contributed by atoms with Crippen LogP contribution in [0, 0.1) is 11.6 Å². The van der Waals surface area contributed by atoms with Gasteiger partial charge in [0.1, 0.15) is 5.52 Å². The van der Waals surface area contributed by atoms with E-state index in [1.165, 1.54) is 12.1 Å². The van der Waals surface area contributed by atoms with Crippen molar-refractivity contribution in [1.29, 1.82) is 0 Å². The average molecular weight is 436 g/mol. The summed E-state index contributed by atoms with van der Waals surface area (Å²) in [7, 11) is 0. The van der Waals surface area contributed by atoms with Gasteiger partial charge in [-0.3, -0.25) is 14.6 Å². The van der Waals surface area contributed by atoms with Gasteiger partial charge >= 0.3 is 12.1 Å². The van der Waals surface area contributed by atoms with E-state index in [9.17, 15) is 22.0 Å². The highest BCUT2D eigenvalue weighted by Crippen LogP contribution is 2.24. The molecule has 4 aromatic rings. The molecule has 3 heterocycles. The van der Waals surface area contributed by atoms with Crippen molar-refractivity contribution >= 4 is 17.0 Å². The molecular formula is C20H13F5N4O2. The Hall–Kier alpha value is -3.89. The van der Waals surface area contributed by atoms with Crippen LogP contribution in [0.15, 0.2) is 61.2 Å². The number of fused-ring (bicyclic) bond motifs is 1. The Morgan fingerprint density at radius 1 is 1.00 bits per heavy atom. The van der Waals surface area contributed by atoms with Crippen LogP contribution in [0.1, 0.15) is 5.56 Å². The van der Waals surface area contributed by atoms with Gasteiger partial charge in [0.05, 0.1) is 18.3 Å². The molecular weight excluding hydrogens is 423 g/mol. The maximum atomic E-state index is 13.5. The molecule has 31 heavy (non-hydrogen) atoms. The zero-order chi connectivity index (χ0) is 22.6. The van der Waals surface area contributed by atoms with Crippen molar-refractivity contribution < 1.29 is 31.9 Å². The molecule has 0 bridgehead atoms. The van der Waals surface area contributed by atoms with E-state index in [1.54, 1.807) is 24.8 Å². The maximum Gasteiger partial charge on any atom is 0.490 e. The molecule has 0 radical (unpaired) electrons. The Bertz CT molecular complexity index is 1210. The molecule has 0 fully saturated rings. The van der Waals surface area contributed by atoms with Crippen LogP contribution >= 0.6 is 0 Å². The number of alkyl halides is 3. The fourth-order valence-electron chi connectivity index (χ4n) is 2.58. The largest absolute Gasteiger partial charge is 0.490 e. The molecule has 160 valence electrons. The molecule has 3 aromatic heterocycles. The molecule has 0 aliphatic heterocycles. The molecule has 0 amide bonds. The van der Waals surface area contributed by atoms with Crippen LogP contribution < -0.4 is 0 Å². The summed E-state index contributed by atoms with van der Waals surface area (Å²) in [6, 6.07) is 9.52. The summed E-state index contributed by atoms with van der Waals surface area (Å²) in [6.07, 6.45) is 1.72. The summed E-state index contributed by atoms with van der Waals surface area (Å²) in [5.74, 6) is -4.50. The second-order valence-electron chi connectivity index (χ2n) is 6.22. The predicted molar refractivity (Wildman–Crippen MR) is 99.9 cm³/mol. The van der Waals surface area contributed by atoms with Crippen molar-refractivity contribution in [3.63, 3.8) is 0 Å². The molecule has 1 N–H and O–H groups in total. The Morgan fingerprint density at radius 3 is 2.35 bits per heavy atom. The number of aromatic nitrogens is 4. The number of rotatable bonds is 3. The van der Waals surface area contributed by atoms with Gasteiger partial charge in [0.2, 0.25) is 0 Å². The lowest BCUT2D eigenvalue weighted by Crippen LogP contribution is -2.21. The topological polar surface area (TPSA) is 80.9 Å². The molecule has 0 saturated heterocycles. The number of benzene rings is 1. The highest BCUT2D eigenvalue weighted by atomic mass is 19.4. The quantitative estimate of drug-likeness (QED) is 0.480. The summed E-state index contributed by atoms with van der Waals surface area (Å²) in [6.45, 7) is 0.556. The lowest BCUT2D eigenvalue weighted by molar-refractivity contribution is -0.192. The number of carbonyl (C=O) groups is 1. The molecule has 11 heteroatoms. The highest BCUT2D eigenvalue weighted by molar-refractivity contribution is 5.80. The number of aliphatic carboxylic acids is 1. The number of pyridine rings is 2. The number of carboxylic acid groups (broad SMARTS) is 1. The molecule has 0 aliphatic rings. The summed E-state index contributed by atoms with van der Waals surface area (Å²) >= 11 is 0. The van der Waals surface area contributed by atoms with Gasteiger partial charge in [-0.05, 0) is 35.4 Å². The Balaban J connectivity index is 0.000000339. The number of carboxylic acids is 1. The second kappa shape index (κ2) is 8.86. The predicted octanol–water partition coefficient (Wildman–Crippen LogP) is 4.45. The van der Waals surface area contributed by atoms with Crippen LogP contribution in [-0.2, 0) is 11.3 Å². The van der Waals surface area contributed by atoms with Gasteiger partial charge in [0.25, 0.3) is 0 Å². The average Bonchev–Trinajstić information content (AvgIpc) is 3.12. The van der Waals surface area contributed by atoms with Crippen molar-refractivity contribution in [2.45, 2.75) is 12.7 Å². The first-order valence-corrected chi connectivity index (χ1v) is 8.61. The van der Waals surface area contributed by atoms with Crippen molar-refractivity contribution in [3.05, 3.63) is 78.4 Å². The van der Waals surface area contributed by atoms with Gasteiger partial charge in [-0.15, -0.1) is 0 Å². The van der Waals surface area contributed by atoms with E-state index in [2.05, 4.69) is 15.1 Å². The van der Waals surface area contributed by atoms with E-state index in [1.807, 2.05) is 22.9 Å². The lowest BCUT2D eigenvalue weighted by atomic mass is 10.1. The van der Waals surface area contributed by atoms with E-state index >= 15 is 0 Å². The van der Waals surface area contributed by atoms with E-state index in [-0.39, 0.29) is 0 Å². The van der Waals surface area contributed by atoms with Crippen LogP contribution in [0.4, 0.5) is 22.0 Å². The van der Waals surface area contributed by atoms with Gasteiger partial charge < -0.3 is 5.11 Å². The summed E-state index contributed by atoms with van der Waals surface area (Å²) in [5, 5.41) is 11.5. The Labute approximate surface area is 171 Å². The first kappa shape index (κ1) is 21.8. The van der Waals surface area contributed by atoms with Gasteiger partial charge in [-0.1, -0.05) is 12.1 Å².